The Hall–Kier alpha value is -2.89. The van der Waals surface area contributed by atoms with Crippen molar-refractivity contribution in [2.75, 3.05) is 0 Å². The normalized spacial score (nSPS) is 10.7. The van der Waals surface area contributed by atoms with E-state index in [1.54, 1.807) is 12.4 Å². The summed E-state index contributed by atoms with van der Waals surface area (Å²) < 4.78 is 7.04. The zero-order valence-electron chi connectivity index (χ0n) is 13.3. The molecule has 23 heavy (non-hydrogen) atoms. The quantitative estimate of drug-likeness (QED) is 0.804. The highest BCUT2D eigenvalue weighted by Crippen LogP contribution is 2.20. The molecule has 0 aliphatic rings. The van der Waals surface area contributed by atoms with Crippen LogP contribution in [-0.4, -0.2) is 20.6 Å². The van der Waals surface area contributed by atoms with Crippen molar-refractivity contribution in [3.63, 3.8) is 0 Å². The molecule has 0 unspecified atom stereocenters. The van der Waals surface area contributed by atoms with Crippen molar-refractivity contribution >= 4 is 5.91 Å². The predicted molar refractivity (Wildman–Crippen MR) is 85.4 cm³/mol. The SMILES string of the molecule is Cc1cc(-n2c(C)cc(C(=O)NCc3ccncc3)c2C)no1. The number of nitrogens with zero attached hydrogens (tertiary/aromatic N) is 3. The first-order valence-electron chi connectivity index (χ1n) is 7.36. The number of aryl methyl sites for hydroxylation is 2. The molecule has 6 heteroatoms. The molecule has 0 saturated carbocycles. The molecule has 0 bridgehead atoms. The highest BCUT2D eigenvalue weighted by Gasteiger charge is 2.18. The zero-order valence-corrected chi connectivity index (χ0v) is 13.3. The molecule has 3 rings (SSSR count). The molecule has 0 saturated heterocycles. The molecular formula is C17H18N4O2. The van der Waals surface area contributed by atoms with Gasteiger partial charge in [-0.2, -0.15) is 0 Å². The Balaban J connectivity index is 1.82. The fourth-order valence-corrected chi connectivity index (χ4v) is 2.58. The van der Waals surface area contributed by atoms with Gasteiger partial charge in [0.1, 0.15) is 5.76 Å². The number of hydrogen-bond acceptors (Lipinski definition) is 4. The van der Waals surface area contributed by atoms with Gasteiger partial charge in [0.15, 0.2) is 5.82 Å². The molecule has 3 aromatic rings. The maximum atomic E-state index is 12.5. The summed E-state index contributed by atoms with van der Waals surface area (Å²) >= 11 is 0. The highest BCUT2D eigenvalue weighted by molar-refractivity contribution is 5.95. The molecule has 0 spiro atoms. The Morgan fingerprint density at radius 1 is 1.22 bits per heavy atom. The van der Waals surface area contributed by atoms with Crippen LogP contribution in [0, 0.1) is 20.8 Å². The van der Waals surface area contributed by atoms with Crippen molar-refractivity contribution in [3.05, 3.63) is 64.9 Å². The molecule has 0 aliphatic heterocycles. The van der Waals surface area contributed by atoms with Crippen molar-refractivity contribution in [1.82, 2.24) is 20.0 Å². The molecule has 0 atom stereocenters. The van der Waals surface area contributed by atoms with E-state index in [2.05, 4.69) is 15.5 Å². The van der Waals surface area contributed by atoms with E-state index in [9.17, 15) is 4.79 Å². The third-order valence-corrected chi connectivity index (χ3v) is 3.72. The first kappa shape index (κ1) is 15.0. The Morgan fingerprint density at radius 2 is 1.96 bits per heavy atom. The molecule has 0 aromatic carbocycles. The minimum atomic E-state index is -0.110. The molecule has 0 fully saturated rings. The zero-order chi connectivity index (χ0) is 16.4. The predicted octanol–water partition coefficient (Wildman–Crippen LogP) is 2.72. The summed E-state index contributed by atoms with van der Waals surface area (Å²) in [6, 6.07) is 7.46. The van der Waals surface area contributed by atoms with E-state index in [0.29, 0.717) is 17.9 Å². The van der Waals surface area contributed by atoms with Crippen molar-refractivity contribution in [2.45, 2.75) is 27.3 Å². The number of aromatic nitrogens is 3. The van der Waals surface area contributed by atoms with Crippen molar-refractivity contribution < 1.29 is 9.32 Å². The summed E-state index contributed by atoms with van der Waals surface area (Å²) in [6.07, 6.45) is 3.42. The van der Waals surface area contributed by atoms with Crippen molar-refractivity contribution in [3.8, 4) is 5.82 Å². The van der Waals surface area contributed by atoms with Crippen LogP contribution >= 0.6 is 0 Å². The number of hydrogen-bond donors (Lipinski definition) is 1. The monoisotopic (exact) mass is 310 g/mol. The first-order chi connectivity index (χ1) is 11.1. The van der Waals surface area contributed by atoms with E-state index in [0.717, 1.165) is 22.7 Å². The second-order valence-electron chi connectivity index (χ2n) is 5.45. The van der Waals surface area contributed by atoms with Crippen molar-refractivity contribution in [1.29, 1.82) is 0 Å². The van der Waals surface area contributed by atoms with Gasteiger partial charge in [0.25, 0.3) is 5.91 Å². The van der Waals surface area contributed by atoms with E-state index >= 15 is 0 Å². The van der Waals surface area contributed by atoms with Gasteiger partial charge in [-0.15, -0.1) is 0 Å². The summed E-state index contributed by atoms with van der Waals surface area (Å²) in [4.78, 5) is 16.4. The van der Waals surface area contributed by atoms with Crippen LogP contribution in [0.1, 0.15) is 33.1 Å². The van der Waals surface area contributed by atoms with E-state index in [4.69, 9.17) is 4.52 Å². The fraction of sp³-hybridized carbons (Fsp3) is 0.235. The third-order valence-electron chi connectivity index (χ3n) is 3.72. The lowest BCUT2D eigenvalue weighted by molar-refractivity contribution is 0.0950. The van der Waals surface area contributed by atoms with E-state index in [1.807, 2.05) is 49.6 Å². The molecule has 118 valence electrons. The van der Waals surface area contributed by atoms with E-state index in [1.165, 1.54) is 0 Å². The first-order valence-corrected chi connectivity index (χ1v) is 7.36. The lowest BCUT2D eigenvalue weighted by Gasteiger charge is -2.07. The topological polar surface area (TPSA) is 73.0 Å². The second kappa shape index (κ2) is 6.08. The van der Waals surface area contributed by atoms with Gasteiger partial charge in [0, 0.05) is 36.4 Å². The highest BCUT2D eigenvalue weighted by atomic mass is 16.5. The average molecular weight is 310 g/mol. The number of nitrogens with one attached hydrogen (secondary N) is 1. The van der Waals surface area contributed by atoms with Gasteiger partial charge in [-0.25, -0.2) is 0 Å². The largest absolute Gasteiger partial charge is 0.360 e. The van der Waals surface area contributed by atoms with Crippen LogP contribution in [0.25, 0.3) is 5.82 Å². The number of carbonyl (C=O) groups is 1. The Kier molecular flexibility index (Phi) is 3.97. The third kappa shape index (κ3) is 3.01. The average Bonchev–Trinajstić information content (AvgIpc) is 3.09. The van der Waals surface area contributed by atoms with Crippen LogP contribution in [0.15, 0.2) is 41.2 Å². The van der Waals surface area contributed by atoms with Gasteiger partial charge in [-0.3, -0.25) is 14.3 Å². The number of amides is 1. The van der Waals surface area contributed by atoms with Gasteiger partial charge >= 0.3 is 0 Å². The summed E-state index contributed by atoms with van der Waals surface area (Å²) in [5, 5.41) is 6.95. The molecule has 6 nitrogen and oxygen atoms in total. The number of pyridine rings is 1. The van der Waals surface area contributed by atoms with Gasteiger partial charge in [-0.05, 0) is 44.5 Å². The Morgan fingerprint density at radius 3 is 2.61 bits per heavy atom. The van der Waals surface area contributed by atoms with Gasteiger partial charge in [0.2, 0.25) is 0 Å². The van der Waals surface area contributed by atoms with Crippen molar-refractivity contribution in [2.24, 2.45) is 0 Å². The summed E-state index contributed by atoms with van der Waals surface area (Å²) in [6.45, 7) is 6.15. The molecule has 1 amide bonds. The maximum Gasteiger partial charge on any atom is 0.253 e. The van der Waals surface area contributed by atoms with Crippen LogP contribution < -0.4 is 5.32 Å². The molecule has 3 heterocycles. The fourth-order valence-electron chi connectivity index (χ4n) is 2.58. The molecule has 3 aromatic heterocycles. The van der Waals surface area contributed by atoms with Crippen LogP contribution in [0.5, 0.6) is 0 Å². The number of rotatable bonds is 4. The summed E-state index contributed by atoms with van der Waals surface area (Å²) in [7, 11) is 0. The summed E-state index contributed by atoms with van der Waals surface area (Å²) in [5.74, 6) is 1.31. The lowest BCUT2D eigenvalue weighted by atomic mass is 10.2. The van der Waals surface area contributed by atoms with Gasteiger partial charge < -0.3 is 9.84 Å². The molecule has 0 aliphatic carbocycles. The van der Waals surface area contributed by atoms with Gasteiger partial charge in [-0.1, -0.05) is 5.16 Å². The molecule has 1 N–H and O–H groups in total. The molecule has 0 radical (unpaired) electrons. The second-order valence-corrected chi connectivity index (χ2v) is 5.45. The van der Waals surface area contributed by atoms with Crippen LogP contribution in [0.4, 0.5) is 0 Å². The van der Waals surface area contributed by atoms with Crippen LogP contribution in [-0.2, 0) is 6.54 Å². The Labute approximate surface area is 134 Å². The van der Waals surface area contributed by atoms with E-state index < -0.39 is 0 Å². The van der Waals surface area contributed by atoms with Crippen LogP contribution in [0.2, 0.25) is 0 Å². The standard InChI is InChI=1S/C17H18N4O2/c1-11-8-15(13(3)21(11)16-9-12(2)23-20-16)17(22)19-10-14-4-6-18-7-5-14/h4-9H,10H2,1-3H3,(H,19,22). The minimum absolute atomic E-state index is 0.110. The minimum Gasteiger partial charge on any atom is -0.360 e. The maximum absolute atomic E-state index is 12.5. The molecular weight excluding hydrogens is 292 g/mol. The number of carbonyl (C=O) groups excluding carboxylic acids is 1. The smallest absolute Gasteiger partial charge is 0.253 e. The van der Waals surface area contributed by atoms with Gasteiger partial charge in [0.05, 0.1) is 5.56 Å². The Bertz CT molecular complexity index is 834. The van der Waals surface area contributed by atoms with E-state index in [-0.39, 0.29) is 5.91 Å². The lowest BCUT2D eigenvalue weighted by Crippen LogP contribution is -2.23. The summed E-state index contributed by atoms with van der Waals surface area (Å²) in [5.41, 5.74) is 3.42. The van der Waals surface area contributed by atoms with Crippen LogP contribution in [0.3, 0.4) is 0 Å².